The van der Waals surface area contributed by atoms with Crippen LogP contribution >= 0.6 is 22.7 Å². The molecule has 8 nitrogen and oxygen atoms in total. The van der Waals surface area contributed by atoms with Crippen LogP contribution in [0.3, 0.4) is 0 Å². The Morgan fingerprint density at radius 3 is 2.86 bits per heavy atom. The molecule has 0 radical (unpaired) electrons. The Labute approximate surface area is 166 Å². The average molecular weight is 407 g/mol. The molecular weight excluding hydrogens is 394 g/mol. The summed E-state index contributed by atoms with van der Waals surface area (Å²) < 4.78 is 1.73. The Morgan fingerprint density at radius 2 is 2.07 bits per heavy atom. The van der Waals surface area contributed by atoms with Crippen LogP contribution in [0.1, 0.15) is 15.4 Å². The molecule has 0 bridgehead atoms. The van der Waals surface area contributed by atoms with E-state index in [2.05, 4.69) is 30.6 Å². The first-order chi connectivity index (χ1) is 13.7. The molecule has 0 saturated heterocycles. The molecule has 5 aromatic heterocycles. The van der Waals surface area contributed by atoms with Crippen LogP contribution in [-0.2, 0) is 0 Å². The normalized spacial score (nSPS) is 11.2. The number of nitrogens with zero attached hydrogens (tertiary/aromatic N) is 5. The molecule has 0 aliphatic heterocycles. The van der Waals surface area contributed by atoms with Gasteiger partial charge in [-0.15, -0.1) is 22.7 Å². The molecule has 10 heteroatoms. The maximum atomic E-state index is 12.5. The third kappa shape index (κ3) is 2.98. The number of fused-ring (bicyclic) bond motifs is 1. The number of aromatic amines is 1. The van der Waals surface area contributed by atoms with Gasteiger partial charge in [0.05, 0.1) is 23.0 Å². The zero-order chi connectivity index (χ0) is 19.1. The fourth-order valence-corrected chi connectivity index (χ4v) is 4.29. The van der Waals surface area contributed by atoms with Gasteiger partial charge in [-0.25, -0.2) is 14.5 Å². The maximum Gasteiger partial charge on any atom is 0.267 e. The van der Waals surface area contributed by atoms with Gasteiger partial charge in [-0.05, 0) is 23.9 Å². The topological polar surface area (TPSA) is 101 Å². The highest BCUT2D eigenvalue weighted by atomic mass is 32.1. The van der Waals surface area contributed by atoms with Gasteiger partial charge in [0.2, 0.25) is 0 Å². The number of nitrogens with one attached hydrogen (secondary N) is 2. The minimum Gasteiger partial charge on any atom is -0.297 e. The van der Waals surface area contributed by atoms with Gasteiger partial charge in [0, 0.05) is 40.7 Å². The quantitative estimate of drug-likeness (QED) is 0.471. The lowest BCUT2D eigenvalue weighted by molar-refractivity contribution is 0.103. The molecule has 0 fully saturated rings. The average Bonchev–Trinajstić information content (AvgIpc) is 3.47. The van der Waals surface area contributed by atoms with Gasteiger partial charge in [-0.3, -0.25) is 15.2 Å². The molecule has 0 atom stereocenters. The fraction of sp³-hybridized carbons (Fsp3) is 0.0556. The number of aryl methyl sites for hydroxylation is 1. The molecule has 5 heterocycles. The van der Waals surface area contributed by atoms with Crippen molar-refractivity contribution in [2.45, 2.75) is 6.92 Å². The summed E-state index contributed by atoms with van der Waals surface area (Å²) in [6, 6.07) is 1.85. The van der Waals surface area contributed by atoms with Crippen molar-refractivity contribution in [1.29, 1.82) is 0 Å². The summed E-state index contributed by atoms with van der Waals surface area (Å²) >= 11 is 2.79. The summed E-state index contributed by atoms with van der Waals surface area (Å²) in [6.07, 6.45) is 8.99. The van der Waals surface area contributed by atoms with Crippen molar-refractivity contribution >= 4 is 39.4 Å². The molecule has 5 rings (SSSR count). The van der Waals surface area contributed by atoms with Crippen LogP contribution in [0.5, 0.6) is 0 Å². The Bertz CT molecular complexity index is 1280. The number of amides is 1. The molecule has 0 aliphatic carbocycles. The second-order valence-electron chi connectivity index (χ2n) is 6.10. The minimum atomic E-state index is -0.169. The largest absolute Gasteiger partial charge is 0.297 e. The monoisotopic (exact) mass is 407 g/mol. The summed E-state index contributed by atoms with van der Waals surface area (Å²) in [6.45, 7) is 1.89. The lowest BCUT2D eigenvalue weighted by Gasteiger charge is -1.99. The zero-order valence-corrected chi connectivity index (χ0v) is 16.2. The Balaban J connectivity index is 1.43. The Hall–Kier alpha value is -3.37. The Kier molecular flexibility index (Phi) is 3.99. The SMILES string of the molecule is Cc1csc(NC(=O)c2cc(-c3cnn4cc(-c5cn[nH]c5)cnc34)cs2)n1. The lowest BCUT2D eigenvalue weighted by Crippen LogP contribution is -2.09. The van der Waals surface area contributed by atoms with Crippen LogP contribution in [0.15, 0.2) is 47.8 Å². The third-order valence-corrected chi connectivity index (χ3v) is 5.97. The summed E-state index contributed by atoms with van der Waals surface area (Å²) in [4.78, 5) is 21.9. The molecule has 2 N–H and O–H groups in total. The summed E-state index contributed by atoms with van der Waals surface area (Å²) in [5.41, 5.74) is 5.26. The number of rotatable bonds is 4. The highest BCUT2D eigenvalue weighted by molar-refractivity contribution is 7.14. The number of aromatic nitrogens is 6. The van der Waals surface area contributed by atoms with Gasteiger partial charge in [0.15, 0.2) is 10.8 Å². The first-order valence-corrected chi connectivity index (χ1v) is 10.1. The van der Waals surface area contributed by atoms with E-state index in [1.54, 1.807) is 29.3 Å². The van der Waals surface area contributed by atoms with Gasteiger partial charge >= 0.3 is 0 Å². The number of hydrogen-bond acceptors (Lipinski definition) is 7. The highest BCUT2D eigenvalue weighted by Crippen LogP contribution is 2.30. The van der Waals surface area contributed by atoms with Gasteiger partial charge in [-0.2, -0.15) is 10.2 Å². The number of thiazole rings is 1. The number of hydrogen-bond donors (Lipinski definition) is 2. The van der Waals surface area contributed by atoms with E-state index in [0.717, 1.165) is 33.6 Å². The van der Waals surface area contributed by atoms with E-state index in [1.807, 2.05) is 29.9 Å². The van der Waals surface area contributed by atoms with E-state index in [9.17, 15) is 4.79 Å². The van der Waals surface area contributed by atoms with E-state index in [4.69, 9.17) is 0 Å². The lowest BCUT2D eigenvalue weighted by atomic mass is 10.1. The number of carbonyl (C=O) groups is 1. The molecule has 0 aliphatic rings. The maximum absolute atomic E-state index is 12.5. The molecule has 0 saturated carbocycles. The van der Waals surface area contributed by atoms with Crippen molar-refractivity contribution in [3.8, 4) is 22.3 Å². The van der Waals surface area contributed by atoms with E-state index < -0.39 is 0 Å². The molecule has 0 spiro atoms. The van der Waals surface area contributed by atoms with Crippen molar-refractivity contribution in [2.75, 3.05) is 5.32 Å². The molecule has 28 heavy (non-hydrogen) atoms. The molecule has 0 aromatic carbocycles. The smallest absolute Gasteiger partial charge is 0.267 e. The van der Waals surface area contributed by atoms with Crippen LogP contribution in [-0.4, -0.2) is 35.7 Å². The Morgan fingerprint density at radius 1 is 1.14 bits per heavy atom. The van der Waals surface area contributed by atoms with E-state index in [0.29, 0.717) is 10.0 Å². The first kappa shape index (κ1) is 16.8. The van der Waals surface area contributed by atoms with Crippen LogP contribution in [0.2, 0.25) is 0 Å². The zero-order valence-electron chi connectivity index (χ0n) is 14.6. The van der Waals surface area contributed by atoms with Crippen molar-refractivity contribution < 1.29 is 4.79 Å². The third-order valence-electron chi connectivity index (χ3n) is 4.16. The van der Waals surface area contributed by atoms with Gasteiger partial charge in [0.25, 0.3) is 5.91 Å². The van der Waals surface area contributed by atoms with Gasteiger partial charge < -0.3 is 0 Å². The predicted molar refractivity (Wildman–Crippen MR) is 109 cm³/mol. The van der Waals surface area contributed by atoms with Crippen molar-refractivity contribution in [3.63, 3.8) is 0 Å². The molecule has 5 aromatic rings. The van der Waals surface area contributed by atoms with E-state index >= 15 is 0 Å². The number of anilines is 1. The van der Waals surface area contributed by atoms with E-state index in [1.165, 1.54) is 22.7 Å². The number of H-pyrrole nitrogens is 1. The van der Waals surface area contributed by atoms with Crippen molar-refractivity contribution in [2.24, 2.45) is 0 Å². The fourth-order valence-electron chi connectivity index (χ4n) is 2.80. The standard InChI is InChI=1S/C18H13N7OS2/c1-10-8-28-18(23-10)24-17(26)15-2-11(9-27-15)14-6-22-25-7-13(3-19-16(14)25)12-4-20-21-5-12/h2-9H,1H3,(H,20,21)(H,23,24,26). The molecular formula is C18H13N7OS2. The number of carbonyl (C=O) groups excluding carboxylic acids is 1. The van der Waals surface area contributed by atoms with Crippen LogP contribution in [0.4, 0.5) is 5.13 Å². The number of thiophene rings is 1. The molecule has 1 amide bonds. The van der Waals surface area contributed by atoms with Crippen LogP contribution in [0.25, 0.3) is 27.9 Å². The molecule has 138 valence electrons. The summed E-state index contributed by atoms with van der Waals surface area (Å²) in [5, 5.41) is 18.4. The minimum absolute atomic E-state index is 0.169. The molecule has 0 unspecified atom stereocenters. The second kappa shape index (κ2) is 6.66. The first-order valence-electron chi connectivity index (χ1n) is 8.32. The van der Waals surface area contributed by atoms with Crippen LogP contribution in [0, 0.1) is 6.92 Å². The second-order valence-corrected chi connectivity index (χ2v) is 7.87. The highest BCUT2D eigenvalue weighted by Gasteiger charge is 2.15. The van der Waals surface area contributed by atoms with Crippen molar-refractivity contribution in [3.05, 3.63) is 58.4 Å². The predicted octanol–water partition coefficient (Wildman–Crippen LogP) is 3.87. The van der Waals surface area contributed by atoms with Gasteiger partial charge in [-0.1, -0.05) is 0 Å². The van der Waals surface area contributed by atoms with E-state index in [-0.39, 0.29) is 5.91 Å². The van der Waals surface area contributed by atoms with Crippen molar-refractivity contribution in [1.82, 2.24) is 29.8 Å². The van der Waals surface area contributed by atoms with Gasteiger partial charge in [0.1, 0.15) is 0 Å². The van der Waals surface area contributed by atoms with Crippen LogP contribution < -0.4 is 5.32 Å². The summed E-state index contributed by atoms with van der Waals surface area (Å²) in [7, 11) is 0. The summed E-state index contributed by atoms with van der Waals surface area (Å²) in [5.74, 6) is -0.169.